The second kappa shape index (κ2) is 7.23. The van der Waals surface area contributed by atoms with Crippen LogP contribution in [-0.4, -0.2) is 52.1 Å². The molecule has 0 radical (unpaired) electrons. The fourth-order valence-corrected chi connectivity index (χ4v) is 2.53. The van der Waals surface area contributed by atoms with E-state index in [0.29, 0.717) is 24.3 Å². The number of carbonyl (C=O) groups is 1. The van der Waals surface area contributed by atoms with Crippen LogP contribution in [0.15, 0.2) is 18.2 Å². The van der Waals surface area contributed by atoms with E-state index in [-0.39, 0.29) is 12.6 Å². The number of aliphatic hydroxyl groups excluding tert-OH is 1. The average Bonchev–Trinajstić information content (AvgIpc) is 2.47. The molecule has 1 aliphatic heterocycles. The molecule has 1 amide bonds. The van der Waals surface area contributed by atoms with Crippen molar-refractivity contribution in [3.8, 4) is 0 Å². The topological polar surface area (TPSA) is 94.1 Å². The summed E-state index contributed by atoms with van der Waals surface area (Å²) in [6.45, 7) is 5.86. The highest BCUT2D eigenvalue weighted by atomic mass is 19.1. The number of ether oxygens (including phenoxy) is 1. The van der Waals surface area contributed by atoms with Gasteiger partial charge in [0, 0.05) is 6.54 Å². The Balaban J connectivity index is 1.99. The molecule has 0 aromatic heterocycles. The van der Waals surface area contributed by atoms with Gasteiger partial charge in [0.1, 0.15) is 11.4 Å². The summed E-state index contributed by atoms with van der Waals surface area (Å²) in [5.74, 6) is -0.461. The minimum Gasteiger partial charge on any atom is -0.444 e. The van der Waals surface area contributed by atoms with Crippen LogP contribution in [-0.2, 0) is 4.74 Å². The normalized spacial score (nSPS) is 21.3. The molecule has 7 nitrogen and oxygen atoms in total. The van der Waals surface area contributed by atoms with Crippen LogP contribution in [0.3, 0.4) is 0 Å². The Morgan fingerprint density at radius 3 is 2.67 bits per heavy atom. The van der Waals surface area contributed by atoms with E-state index >= 15 is 0 Å². The Morgan fingerprint density at radius 2 is 2.08 bits per heavy atom. The summed E-state index contributed by atoms with van der Waals surface area (Å²) >= 11 is 0. The minimum absolute atomic E-state index is 0.115. The Kier molecular flexibility index (Phi) is 5.51. The fraction of sp³-hybridized carbons (Fsp3) is 0.562. The summed E-state index contributed by atoms with van der Waals surface area (Å²) in [5.41, 5.74) is 2.03. The minimum atomic E-state index is -0.846. The number of halogens is 1. The van der Waals surface area contributed by atoms with Crippen molar-refractivity contribution in [2.24, 2.45) is 0 Å². The number of aliphatic hydroxyl groups is 1. The van der Waals surface area contributed by atoms with Crippen molar-refractivity contribution in [3.05, 3.63) is 24.0 Å². The number of hydrogen-bond acceptors (Lipinski definition) is 6. The number of hydrogen-bond donors (Lipinski definition) is 4. The van der Waals surface area contributed by atoms with Crippen molar-refractivity contribution >= 4 is 17.5 Å². The molecule has 0 saturated carbocycles. The van der Waals surface area contributed by atoms with E-state index in [1.807, 2.05) is 5.48 Å². The molecular weight excluding hydrogens is 317 g/mol. The number of piperidine rings is 1. The molecule has 1 aliphatic rings. The van der Waals surface area contributed by atoms with Crippen LogP contribution in [0, 0.1) is 5.82 Å². The molecule has 4 N–H and O–H groups in total. The van der Waals surface area contributed by atoms with Gasteiger partial charge in [-0.25, -0.2) is 9.18 Å². The smallest absolute Gasteiger partial charge is 0.410 e. The molecule has 1 saturated heterocycles. The van der Waals surface area contributed by atoms with Gasteiger partial charge in [0.15, 0.2) is 0 Å². The van der Waals surface area contributed by atoms with Crippen molar-refractivity contribution in [1.29, 1.82) is 0 Å². The number of nitrogens with one attached hydrogen (secondary N) is 2. The molecule has 0 bridgehead atoms. The van der Waals surface area contributed by atoms with Crippen molar-refractivity contribution < 1.29 is 24.2 Å². The molecule has 2 unspecified atom stereocenters. The zero-order valence-electron chi connectivity index (χ0n) is 14.0. The molecule has 1 fully saturated rings. The first-order valence-corrected chi connectivity index (χ1v) is 7.82. The van der Waals surface area contributed by atoms with Crippen molar-refractivity contribution in [1.82, 2.24) is 4.90 Å². The van der Waals surface area contributed by atoms with Gasteiger partial charge in [-0.3, -0.25) is 10.7 Å². The van der Waals surface area contributed by atoms with Gasteiger partial charge in [-0.05, 0) is 45.4 Å². The molecule has 0 aliphatic carbocycles. The molecule has 2 atom stereocenters. The number of amides is 1. The SMILES string of the molecule is CC(C)(C)OC(=O)N1CCC(Nc2cc(F)ccc2NO)C(O)C1. The molecule has 24 heavy (non-hydrogen) atoms. The zero-order valence-corrected chi connectivity index (χ0v) is 14.0. The van der Waals surface area contributed by atoms with Crippen LogP contribution < -0.4 is 10.8 Å². The second-order valence-electron chi connectivity index (χ2n) is 6.83. The third-order valence-corrected chi connectivity index (χ3v) is 3.68. The Bertz CT molecular complexity index is 591. The summed E-state index contributed by atoms with van der Waals surface area (Å²) in [4.78, 5) is 13.5. The van der Waals surface area contributed by atoms with Gasteiger partial charge < -0.3 is 20.1 Å². The number of anilines is 2. The summed E-state index contributed by atoms with van der Waals surface area (Å²) in [6, 6.07) is 3.45. The van der Waals surface area contributed by atoms with E-state index in [1.165, 1.54) is 23.1 Å². The summed E-state index contributed by atoms with van der Waals surface area (Å²) in [7, 11) is 0. The van der Waals surface area contributed by atoms with E-state index in [1.54, 1.807) is 20.8 Å². The second-order valence-corrected chi connectivity index (χ2v) is 6.83. The molecule has 0 spiro atoms. The third kappa shape index (κ3) is 4.72. The lowest BCUT2D eigenvalue weighted by atomic mass is 10.0. The standard InChI is InChI=1S/C16H24FN3O4/c1-16(2,3)24-15(22)20-7-6-12(14(21)9-20)18-13-8-10(17)4-5-11(13)19-23/h4-5,8,12,14,18-19,21,23H,6-7,9H2,1-3H3. The Hall–Kier alpha value is -2.06. The lowest BCUT2D eigenvalue weighted by Crippen LogP contribution is -2.52. The maximum absolute atomic E-state index is 13.4. The first-order valence-electron chi connectivity index (χ1n) is 7.82. The Morgan fingerprint density at radius 1 is 1.38 bits per heavy atom. The predicted molar refractivity (Wildman–Crippen MR) is 87.7 cm³/mol. The molecule has 1 aromatic carbocycles. The van der Waals surface area contributed by atoms with E-state index in [4.69, 9.17) is 9.94 Å². The maximum atomic E-state index is 13.4. The molecule has 8 heteroatoms. The van der Waals surface area contributed by atoms with Crippen LogP contribution in [0.25, 0.3) is 0 Å². The first-order chi connectivity index (χ1) is 11.2. The highest BCUT2D eigenvalue weighted by molar-refractivity contribution is 5.69. The van der Waals surface area contributed by atoms with Crippen molar-refractivity contribution in [2.45, 2.75) is 44.9 Å². The zero-order chi connectivity index (χ0) is 17.9. The molecule has 2 rings (SSSR count). The van der Waals surface area contributed by atoms with Gasteiger partial charge >= 0.3 is 6.09 Å². The lowest BCUT2D eigenvalue weighted by molar-refractivity contribution is 0.00119. The van der Waals surface area contributed by atoms with Crippen LogP contribution >= 0.6 is 0 Å². The Labute approximate surface area is 140 Å². The van der Waals surface area contributed by atoms with E-state index < -0.39 is 23.6 Å². The maximum Gasteiger partial charge on any atom is 0.410 e. The lowest BCUT2D eigenvalue weighted by Gasteiger charge is -2.37. The van der Waals surface area contributed by atoms with Gasteiger partial charge in [0.2, 0.25) is 0 Å². The highest BCUT2D eigenvalue weighted by Gasteiger charge is 2.32. The van der Waals surface area contributed by atoms with Gasteiger partial charge in [-0.15, -0.1) is 0 Å². The third-order valence-electron chi connectivity index (χ3n) is 3.68. The van der Waals surface area contributed by atoms with Gasteiger partial charge in [0.25, 0.3) is 0 Å². The first kappa shape index (κ1) is 18.3. The molecule has 134 valence electrons. The average molecular weight is 341 g/mol. The number of rotatable bonds is 3. The highest BCUT2D eigenvalue weighted by Crippen LogP contribution is 2.26. The van der Waals surface area contributed by atoms with Gasteiger partial charge in [-0.1, -0.05) is 0 Å². The quantitative estimate of drug-likeness (QED) is 0.631. The van der Waals surface area contributed by atoms with Crippen LogP contribution in [0.2, 0.25) is 0 Å². The number of nitrogens with zero attached hydrogens (tertiary/aromatic N) is 1. The molecule has 1 aromatic rings. The van der Waals surface area contributed by atoms with E-state index in [0.717, 1.165) is 0 Å². The van der Waals surface area contributed by atoms with Gasteiger partial charge in [-0.2, -0.15) is 0 Å². The van der Waals surface area contributed by atoms with Crippen molar-refractivity contribution in [2.75, 3.05) is 23.9 Å². The molecule has 1 heterocycles. The largest absolute Gasteiger partial charge is 0.444 e. The van der Waals surface area contributed by atoms with E-state index in [9.17, 15) is 14.3 Å². The number of benzene rings is 1. The van der Waals surface area contributed by atoms with Crippen molar-refractivity contribution in [3.63, 3.8) is 0 Å². The summed E-state index contributed by atoms with van der Waals surface area (Å²) in [5, 5.41) is 22.4. The van der Waals surface area contributed by atoms with Crippen LogP contribution in [0.5, 0.6) is 0 Å². The van der Waals surface area contributed by atoms with Crippen LogP contribution in [0.4, 0.5) is 20.6 Å². The number of carbonyl (C=O) groups excluding carboxylic acids is 1. The summed E-state index contributed by atoms with van der Waals surface area (Å²) in [6.07, 6.45) is -0.855. The number of β-amino-alcohol motifs (C(OH)–C–C–N with tert-alkyl or cyclic N) is 1. The fourth-order valence-electron chi connectivity index (χ4n) is 2.53. The predicted octanol–water partition coefficient (Wildman–Crippen LogP) is 2.41. The monoisotopic (exact) mass is 341 g/mol. The summed E-state index contributed by atoms with van der Waals surface area (Å²) < 4.78 is 18.7. The molecular formula is C16H24FN3O4. The van der Waals surface area contributed by atoms with Crippen LogP contribution in [0.1, 0.15) is 27.2 Å². The van der Waals surface area contributed by atoms with E-state index in [2.05, 4.69) is 5.32 Å². The number of likely N-dealkylation sites (tertiary alicyclic amines) is 1. The van der Waals surface area contributed by atoms with Gasteiger partial charge in [0.05, 0.1) is 30.1 Å².